The second-order valence-corrected chi connectivity index (χ2v) is 12.1. The molecule has 0 radical (unpaired) electrons. The zero-order chi connectivity index (χ0) is 28.0. The first-order valence-corrected chi connectivity index (χ1v) is 13.9. The van der Waals surface area contributed by atoms with Gasteiger partial charge in [-0.25, -0.2) is 9.59 Å². The first-order valence-electron chi connectivity index (χ1n) is 13.9. The molecule has 1 fully saturated rings. The summed E-state index contributed by atoms with van der Waals surface area (Å²) in [5.41, 5.74) is 0.713. The quantitative estimate of drug-likeness (QED) is 0.546. The van der Waals surface area contributed by atoms with Crippen LogP contribution in [-0.4, -0.2) is 71.8 Å². The van der Waals surface area contributed by atoms with Gasteiger partial charge < -0.3 is 29.9 Å². The molecule has 2 N–H and O–H groups in total. The summed E-state index contributed by atoms with van der Waals surface area (Å²) in [4.78, 5) is 42.0. The molecule has 1 saturated carbocycles. The number of fused-ring (bicyclic) bond motifs is 1. The maximum Gasteiger partial charge on any atom is 0.410 e. The van der Waals surface area contributed by atoms with E-state index in [1.54, 1.807) is 19.2 Å². The molecular formula is C29H46N4O5. The van der Waals surface area contributed by atoms with Gasteiger partial charge in [0.05, 0.1) is 13.0 Å². The third-order valence-electron chi connectivity index (χ3n) is 7.10. The predicted molar refractivity (Wildman–Crippen MR) is 148 cm³/mol. The first kappa shape index (κ1) is 29.6. The van der Waals surface area contributed by atoms with Gasteiger partial charge in [0.15, 0.2) is 0 Å². The molecule has 9 heteroatoms. The van der Waals surface area contributed by atoms with Crippen molar-refractivity contribution in [1.29, 1.82) is 0 Å². The average molecular weight is 531 g/mol. The van der Waals surface area contributed by atoms with Crippen LogP contribution in [0.2, 0.25) is 0 Å². The molecule has 1 aliphatic heterocycles. The molecule has 0 aromatic heterocycles. The predicted octanol–water partition coefficient (Wildman–Crippen LogP) is 5.18. The van der Waals surface area contributed by atoms with Gasteiger partial charge in [0.1, 0.15) is 17.5 Å². The Balaban J connectivity index is 1.81. The standard InChI is InChI=1S/C29H46N4O5/c1-19(2)33-17-20(3)25(18-32(7)28(36)38-29(4,5)6)37-24-14-13-23(15-21(24)16-26(33)34)31-27(35)30-22-11-9-8-10-12-22/h13-15,19-20,22,25H,8-12,16-18H2,1-7H3,(H2,30,31,35). The summed E-state index contributed by atoms with van der Waals surface area (Å²) < 4.78 is 12.0. The van der Waals surface area contributed by atoms with E-state index < -0.39 is 11.7 Å². The summed E-state index contributed by atoms with van der Waals surface area (Å²) in [6.45, 7) is 12.3. The number of rotatable bonds is 5. The number of amides is 4. The van der Waals surface area contributed by atoms with Crippen LogP contribution < -0.4 is 15.4 Å². The molecule has 0 spiro atoms. The van der Waals surface area contributed by atoms with Crippen molar-refractivity contribution in [2.75, 3.05) is 25.5 Å². The number of benzene rings is 1. The molecule has 4 amide bonds. The highest BCUT2D eigenvalue weighted by Crippen LogP contribution is 2.29. The monoisotopic (exact) mass is 530 g/mol. The lowest BCUT2D eigenvalue weighted by atomic mass is 9.96. The lowest BCUT2D eigenvalue weighted by molar-refractivity contribution is -0.133. The molecule has 0 bridgehead atoms. The molecule has 2 atom stereocenters. The van der Waals surface area contributed by atoms with Crippen molar-refractivity contribution < 1.29 is 23.9 Å². The van der Waals surface area contributed by atoms with Crippen molar-refractivity contribution in [3.63, 3.8) is 0 Å². The SMILES string of the molecule is CC1CN(C(C)C)C(=O)Cc2cc(NC(=O)NC3CCCCC3)ccc2OC1CN(C)C(=O)OC(C)(C)C. The lowest BCUT2D eigenvalue weighted by Gasteiger charge is -2.34. The van der Waals surface area contributed by atoms with Crippen LogP contribution in [0.15, 0.2) is 18.2 Å². The van der Waals surface area contributed by atoms with E-state index in [0.29, 0.717) is 30.1 Å². The Labute approximate surface area is 227 Å². The smallest absolute Gasteiger partial charge is 0.410 e. The van der Waals surface area contributed by atoms with Gasteiger partial charge in [0.2, 0.25) is 5.91 Å². The van der Waals surface area contributed by atoms with Gasteiger partial charge in [-0.3, -0.25) is 4.79 Å². The number of ether oxygens (including phenoxy) is 2. The van der Waals surface area contributed by atoms with Gasteiger partial charge in [-0.15, -0.1) is 0 Å². The molecule has 1 aliphatic carbocycles. The van der Waals surface area contributed by atoms with Crippen LogP contribution in [0, 0.1) is 5.92 Å². The minimum absolute atomic E-state index is 0.00153. The van der Waals surface area contributed by atoms with E-state index in [1.807, 2.05) is 52.5 Å². The van der Waals surface area contributed by atoms with Gasteiger partial charge in [-0.05, 0) is 65.7 Å². The van der Waals surface area contributed by atoms with Crippen molar-refractivity contribution in [2.24, 2.45) is 5.92 Å². The highest BCUT2D eigenvalue weighted by atomic mass is 16.6. The Morgan fingerprint density at radius 2 is 1.87 bits per heavy atom. The summed E-state index contributed by atoms with van der Waals surface area (Å²) in [6, 6.07) is 5.39. The number of urea groups is 1. The number of hydrogen-bond donors (Lipinski definition) is 2. The van der Waals surface area contributed by atoms with Gasteiger partial charge in [0, 0.05) is 42.8 Å². The number of carbonyl (C=O) groups is 3. The molecule has 9 nitrogen and oxygen atoms in total. The molecule has 2 aliphatic rings. The van der Waals surface area contributed by atoms with Crippen molar-refractivity contribution in [2.45, 2.75) is 104 Å². The summed E-state index contributed by atoms with van der Waals surface area (Å²) in [6.07, 6.45) is 4.87. The molecule has 3 rings (SSSR count). The van der Waals surface area contributed by atoms with Crippen LogP contribution in [0.4, 0.5) is 15.3 Å². The maximum absolute atomic E-state index is 13.3. The van der Waals surface area contributed by atoms with Crippen LogP contribution in [0.25, 0.3) is 0 Å². The molecule has 0 saturated heterocycles. The third kappa shape index (κ3) is 8.53. The number of nitrogens with one attached hydrogen (secondary N) is 2. The Kier molecular flexibility index (Phi) is 9.90. The van der Waals surface area contributed by atoms with Gasteiger partial charge in [0.25, 0.3) is 0 Å². The zero-order valence-corrected chi connectivity index (χ0v) is 24.1. The summed E-state index contributed by atoms with van der Waals surface area (Å²) in [5, 5.41) is 5.99. The average Bonchev–Trinajstić information content (AvgIpc) is 2.86. The van der Waals surface area contributed by atoms with E-state index in [-0.39, 0.29) is 42.5 Å². The highest BCUT2D eigenvalue weighted by molar-refractivity contribution is 5.90. The van der Waals surface area contributed by atoms with Crippen LogP contribution >= 0.6 is 0 Å². The normalized spacial score (nSPS) is 20.9. The maximum atomic E-state index is 13.3. The highest BCUT2D eigenvalue weighted by Gasteiger charge is 2.32. The molecule has 1 aromatic rings. The molecule has 1 heterocycles. The second-order valence-electron chi connectivity index (χ2n) is 12.1. The van der Waals surface area contributed by atoms with E-state index in [1.165, 1.54) is 11.3 Å². The molecule has 212 valence electrons. The Bertz CT molecular complexity index is 984. The third-order valence-corrected chi connectivity index (χ3v) is 7.10. The zero-order valence-electron chi connectivity index (χ0n) is 24.1. The van der Waals surface area contributed by atoms with E-state index in [4.69, 9.17) is 9.47 Å². The van der Waals surface area contributed by atoms with Crippen LogP contribution in [-0.2, 0) is 16.0 Å². The van der Waals surface area contributed by atoms with E-state index in [9.17, 15) is 14.4 Å². The fourth-order valence-corrected chi connectivity index (χ4v) is 4.98. The first-order chi connectivity index (χ1) is 17.8. The summed E-state index contributed by atoms with van der Waals surface area (Å²) in [7, 11) is 1.70. The number of carbonyl (C=O) groups excluding carboxylic acids is 3. The van der Waals surface area contributed by atoms with Gasteiger partial charge in [-0.2, -0.15) is 0 Å². The van der Waals surface area contributed by atoms with Crippen LogP contribution in [0.5, 0.6) is 5.75 Å². The number of likely N-dealkylation sites (N-methyl/N-ethyl adjacent to an activating group) is 1. The Morgan fingerprint density at radius 3 is 2.50 bits per heavy atom. The van der Waals surface area contributed by atoms with Crippen molar-refractivity contribution in [3.05, 3.63) is 23.8 Å². The van der Waals surface area contributed by atoms with E-state index in [2.05, 4.69) is 10.6 Å². The second kappa shape index (κ2) is 12.7. The molecule has 1 aromatic carbocycles. The number of hydrogen-bond acceptors (Lipinski definition) is 5. The lowest BCUT2D eigenvalue weighted by Crippen LogP contribution is -2.47. The largest absolute Gasteiger partial charge is 0.488 e. The molecular weight excluding hydrogens is 484 g/mol. The minimum atomic E-state index is -0.601. The van der Waals surface area contributed by atoms with Crippen molar-refractivity contribution in [1.82, 2.24) is 15.1 Å². The minimum Gasteiger partial charge on any atom is -0.488 e. The van der Waals surface area contributed by atoms with Gasteiger partial charge >= 0.3 is 12.1 Å². The molecule has 38 heavy (non-hydrogen) atoms. The topological polar surface area (TPSA) is 100 Å². The van der Waals surface area contributed by atoms with Crippen molar-refractivity contribution in [3.8, 4) is 5.75 Å². The number of anilines is 1. The number of nitrogens with zero attached hydrogens (tertiary/aromatic N) is 2. The fourth-order valence-electron chi connectivity index (χ4n) is 4.98. The van der Waals surface area contributed by atoms with E-state index in [0.717, 1.165) is 25.7 Å². The van der Waals surface area contributed by atoms with E-state index >= 15 is 0 Å². The molecule has 2 unspecified atom stereocenters. The summed E-state index contributed by atoms with van der Waals surface area (Å²) in [5.74, 6) is 0.537. The van der Waals surface area contributed by atoms with Crippen molar-refractivity contribution >= 4 is 23.7 Å². The van der Waals surface area contributed by atoms with Crippen LogP contribution in [0.1, 0.15) is 79.2 Å². The Morgan fingerprint density at radius 1 is 1.18 bits per heavy atom. The van der Waals surface area contributed by atoms with Gasteiger partial charge in [-0.1, -0.05) is 26.2 Å². The Hall–Kier alpha value is -2.97. The summed E-state index contributed by atoms with van der Waals surface area (Å²) >= 11 is 0. The van der Waals surface area contributed by atoms with Crippen LogP contribution in [0.3, 0.4) is 0 Å². The fraction of sp³-hybridized carbons (Fsp3) is 0.690.